The van der Waals surface area contributed by atoms with E-state index in [1.807, 2.05) is 0 Å². The van der Waals surface area contributed by atoms with Crippen LogP contribution < -0.4 is 15.4 Å². The second-order valence-corrected chi connectivity index (χ2v) is 7.91. The van der Waals surface area contributed by atoms with Crippen molar-refractivity contribution in [2.45, 2.75) is 17.7 Å². The molecule has 0 atom stereocenters. The normalized spacial score (nSPS) is 14.0. The summed E-state index contributed by atoms with van der Waals surface area (Å²) in [6.45, 7) is 0.974. The largest absolute Gasteiger partial charge is 0.323 e. The maximum Gasteiger partial charge on any atom is 0.261 e. The van der Waals surface area contributed by atoms with E-state index in [2.05, 4.69) is 15.4 Å². The van der Waals surface area contributed by atoms with Crippen molar-refractivity contribution in [1.29, 1.82) is 0 Å². The quantitative estimate of drug-likeness (QED) is 0.660. The third-order valence-electron chi connectivity index (χ3n) is 3.98. The Labute approximate surface area is 151 Å². The maximum absolute atomic E-state index is 13.0. The van der Waals surface area contributed by atoms with Crippen LogP contribution in [0.25, 0.3) is 0 Å². The van der Waals surface area contributed by atoms with Crippen LogP contribution in [0.4, 0.5) is 15.8 Å². The molecule has 0 spiro atoms. The number of halogens is 1. The van der Waals surface area contributed by atoms with Gasteiger partial charge in [-0.15, -0.1) is 0 Å². The fourth-order valence-electron chi connectivity index (χ4n) is 2.40. The number of carbonyl (C=O) groups is 1. The van der Waals surface area contributed by atoms with Gasteiger partial charge in [0.05, 0.1) is 22.8 Å². The van der Waals surface area contributed by atoms with Crippen molar-refractivity contribution in [2.75, 3.05) is 23.1 Å². The Bertz CT molecular complexity index is 881. The second-order valence-electron chi connectivity index (χ2n) is 6.23. The van der Waals surface area contributed by atoms with Crippen LogP contribution in [0.15, 0.2) is 53.4 Å². The van der Waals surface area contributed by atoms with Crippen molar-refractivity contribution in [1.82, 2.24) is 5.32 Å². The molecule has 2 aromatic rings. The first-order valence-corrected chi connectivity index (χ1v) is 9.80. The first-order chi connectivity index (χ1) is 12.4. The number of carbonyl (C=O) groups excluding carboxylic acids is 1. The molecule has 1 amide bonds. The zero-order valence-electron chi connectivity index (χ0n) is 14.0. The van der Waals surface area contributed by atoms with E-state index in [0.717, 1.165) is 18.7 Å². The summed E-state index contributed by atoms with van der Waals surface area (Å²) in [7, 11) is -3.89. The molecule has 0 radical (unpaired) electrons. The smallest absolute Gasteiger partial charge is 0.261 e. The van der Waals surface area contributed by atoms with Crippen LogP contribution in [0.1, 0.15) is 12.8 Å². The van der Waals surface area contributed by atoms with E-state index in [4.69, 9.17) is 0 Å². The van der Waals surface area contributed by atoms with Gasteiger partial charge in [0.25, 0.3) is 10.0 Å². The van der Waals surface area contributed by atoms with Gasteiger partial charge >= 0.3 is 0 Å². The van der Waals surface area contributed by atoms with Crippen LogP contribution in [0.3, 0.4) is 0 Å². The number of anilines is 2. The SMILES string of the molecule is O=C(CNCC1CC1)Nc1ccccc1NS(=O)(=O)c1ccc(F)cc1. The summed E-state index contributed by atoms with van der Waals surface area (Å²) >= 11 is 0. The Kier molecular flexibility index (Phi) is 5.53. The zero-order chi connectivity index (χ0) is 18.6. The highest BCUT2D eigenvalue weighted by Gasteiger charge is 2.21. The van der Waals surface area contributed by atoms with Crippen molar-refractivity contribution in [3.63, 3.8) is 0 Å². The van der Waals surface area contributed by atoms with E-state index in [1.54, 1.807) is 24.3 Å². The molecular formula is C18H20FN3O3S. The first-order valence-electron chi connectivity index (χ1n) is 8.32. The van der Waals surface area contributed by atoms with Gasteiger partial charge in [-0.1, -0.05) is 12.1 Å². The lowest BCUT2D eigenvalue weighted by molar-refractivity contribution is -0.115. The Morgan fingerprint density at radius 1 is 1.04 bits per heavy atom. The van der Waals surface area contributed by atoms with Crippen LogP contribution >= 0.6 is 0 Å². The third-order valence-corrected chi connectivity index (χ3v) is 5.37. The van der Waals surface area contributed by atoms with Crippen LogP contribution in [-0.2, 0) is 14.8 Å². The van der Waals surface area contributed by atoms with Crippen molar-refractivity contribution < 1.29 is 17.6 Å². The van der Waals surface area contributed by atoms with Gasteiger partial charge in [-0.05, 0) is 61.7 Å². The molecule has 0 aromatic heterocycles. The molecule has 0 aliphatic heterocycles. The molecule has 1 aliphatic rings. The highest BCUT2D eigenvalue weighted by Crippen LogP contribution is 2.27. The molecule has 6 nitrogen and oxygen atoms in total. The van der Waals surface area contributed by atoms with Gasteiger partial charge in [-0.25, -0.2) is 12.8 Å². The minimum atomic E-state index is -3.89. The fraction of sp³-hybridized carbons (Fsp3) is 0.278. The summed E-state index contributed by atoms with van der Waals surface area (Å²) in [6, 6.07) is 11.0. The van der Waals surface area contributed by atoms with Gasteiger partial charge in [0, 0.05) is 0 Å². The van der Waals surface area contributed by atoms with E-state index in [0.29, 0.717) is 11.6 Å². The molecule has 1 saturated carbocycles. The predicted molar refractivity (Wildman–Crippen MR) is 97.9 cm³/mol. The van der Waals surface area contributed by atoms with E-state index in [1.165, 1.54) is 25.0 Å². The number of para-hydroxylation sites is 2. The average molecular weight is 377 g/mol. The molecule has 8 heteroatoms. The van der Waals surface area contributed by atoms with E-state index >= 15 is 0 Å². The van der Waals surface area contributed by atoms with Crippen molar-refractivity contribution >= 4 is 27.3 Å². The third kappa shape index (κ3) is 5.03. The number of nitrogens with one attached hydrogen (secondary N) is 3. The molecule has 0 heterocycles. The van der Waals surface area contributed by atoms with Crippen LogP contribution in [-0.4, -0.2) is 27.4 Å². The molecule has 1 aliphatic carbocycles. The fourth-order valence-corrected chi connectivity index (χ4v) is 3.48. The number of benzene rings is 2. The summed E-state index contributed by atoms with van der Waals surface area (Å²) in [5, 5.41) is 5.78. The molecule has 26 heavy (non-hydrogen) atoms. The lowest BCUT2D eigenvalue weighted by Gasteiger charge is -2.14. The van der Waals surface area contributed by atoms with E-state index in [-0.39, 0.29) is 23.0 Å². The number of hydrogen-bond acceptors (Lipinski definition) is 4. The topological polar surface area (TPSA) is 87.3 Å². The number of hydrogen-bond donors (Lipinski definition) is 3. The van der Waals surface area contributed by atoms with Crippen molar-refractivity contribution in [2.24, 2.45) is 5.92 Å². The summed E-state index contributed by atoms with van der Waals surface area (Å²) in [5.41, 5.74) is 0.601. The lowest BCUT2D eigenvalue weighted by Crippen LogP contribution is -2.29. The monoisotopic (exact) mass is 377 g/mol. The van der Waals surface area contributed by atoms with Gasteiger partial charge in [-0.2, -0.15) is 0 Å². The van der Waals surface area contributed by atoms with Crippen LogP contribution in [0.5, 0.6) is 0 Å². The van der Waals surface area contributed by atoms with Gasteiger partial charge in [0.1, 0.15) is 5.82 Å². The Morgan fingerprint density at radius 2 is 1.69 bits per heavy atom. The minimum absolute atomic E-state index is 0.0638. The van der Waals surface area contributed by atoms with E-state index < -0.39 is 15.8 Å². The van der Waals surface area contributed by atoms with Gasteiger partial charge in [-0.3, -0.25) is 9.52 Å². The molecule has 0 unspecified atom stereocenters. The molecule has 0 saturated heterocycles. The molecule has 2 aromatic carbocycles. The second kappa shape index (κ2) is 7.84. The molecule has 3 N–H and O–H groups in total. The summed E-state index contributed by atoms with van der Waals surface area (Å²) in [5.74, 6) is -0.105. The molecule has 3 rings (SSSR count). The molecule has 0 bridgehead atoms. The van der Waals surface area contributed by atoms with Gasteiger partial charge in [0.2, 0.25) is 5.91 Å². The predicted octanol–water partition coefficient (Wildman–Crippen LogP) is 2.56. The first kappa shape index (κ1) is 18.3. The van der Waals surface area contributed by atoms with Crippen molar-refractivity contribution in [3.8, 4) is 0 Å². The zero-order valence-corrected chi connectivity index (χ0v) is 14.9. The Morgan fingerprint density at radius 3 is 2.35 bits per heavy atom. The number of amides is 1. The highest BCUT2D eigenvalue weighted by atomic mass is 32.2. The number of rotatable bonds is 8. The standard InChI is InChI=1S/C18H20FN3O3S/c19-14-7-9-15(10-8-14)26(24,25)22-17-4-2-1-3-16(17)21-18(23)12-20-11-13-5-6-13/h1-4,7-10,13,20,22H,5-6,11-12H2,(H,21,23). The summed E-state index contributed by atoms with van der Waals surface area (Å²) < 4.78 is 40.3. The average Bonchev–Trinajstić information content (AvgIpc) is 3.41. The van der Waals surface area contributed by atoms with E-state index in [9.17, 15) is 17.6 Å². The number of sulfonamides is 1. The van der Waals surface area contributed by atoms with Gasteiger partial charge < -0.3 is 10.6 Å². The Balaban J connectivity index is 1.67. The lowest BCUT2D eigenvalue weighted by atomic mass is 10.2. The molecule has 1 fully saturated rings. The van der Waals surface area contributed by atoms with Crippen LogP contribution in [0, 0.1) is 11.7 Å². The Hall–Kier alpha value is -2.45. The van der Waals surface area contributed by atoms with Crippen molar-refractivity contribution in [3.05, 3.63) is 54.3 Å². The van der Waals surface area contributed by atoms with Gasteiger partial charge in [0.15, 0.2) is 0 Å². The molecular weight excluding hydrogens is 357 g/mol. The molecule has 138 valence electrons. The highest BCUT2D eigenvalue weighted by molar-refractivity contribution is 7.92. The summed E-state index contributed by atoms with van der Waals surface area (Å²) in [4.78, 5) is 12.0. The maximum atomic E-state index is 13.0. The minimum Gasteiger partial charge on any atom is -0.323 e. The van der Waals surface area contributed by atoms with Crippen LogP contribution in [0.2, 0.25) is 0 Å². The summed E-state index contributed by atoms with van der Waals surface area (Å²) in [6.07, 6.45) is 2.39.